The summed E-state index contributed by atoms with van der Waals surface area (Å²) in [6.45, 7) is 3.79. The van der Waals surface area contributed by atoms with Crippen LogP contribution in [0.3, 0.4) is 0 Å². The number of carbonyl (C=O) groups is 1. The zero-order valence-corrected chi connectivity index (χ0v) is 11.1. The van der Waals surface area contributed by atoms with Crippen LogP contribution >= 0.6 is 27.3 Å². The molecular weight excluding hydrogens is 274 g/mol. The van der Waals surface area contributed by atoms with Gasteiger partial charge in [-0.25, -0.2) is 0 Å². The van der Waals surface area contributed by atoms with E-state index in [2.05, 4.69) is 15.9 Å². The molecule has 0 spiro atoms. The largest absolute Gasteiger partial charge is 0.338 e. The van der Waals surface area contributed by atoms with Gasteiger partial charge in [0.15, 0.2) is 0 Å². The van der Waals surface area contributed by atoms with E-state index in [0.29, 0.717) is 0 Å². The van der Waals surface area contributed by atoms with Gasteiger partial charge < -0.3 is 4.90 Å². The third-order valence-corrected chi connectivity index (χ3v) is 4.24. The molecule has 2 rings (SSSR count). The molecule has 0 bridgehead atoms. The van der Waals surface area contributed by atoms with Crippen LogP contribution in [0.1, 0.15) is 29.4 Å². The van der Waals surface area contributed by atoms with Gasteiger partial charge in [0.05, 0.1) is 8.66 Å². The SMILES string of the molecule is CCN(CC1CC1)C(=O)c1ccc(Br)s1. The minimum atomic E-state index is 0.181. The molecule has 0 unspecified atom stereocenters. The summed E-state index contributed by atoms with van der Waals surface area (Å²) in [5.74, 6) is 0.942. The molecule has 1 amide bonds. The highest BCUT2D eigenvalue weighted by molar-refractivity contribution is 9.11. The van der Waals surface area contributed by atoms with E-state index < -0.39 is 0 Å². The second kappa shape index (κ2) is 4.66. The predicted octanol–water partition coefficient (Wildman–Crippen LogP) is 3.38. The highest BCUT2D eigenvalue weighted by Gasteiger charge is 2.26. The lowest BCUT2D eigenvalue weighted by Gasteiger charge is -2.19. The monoisotopic (exact) mass is 287 g/mol. The first kappa shape index (κ1) is 11.1. The van der Waals surface area contributed by atoms with Crippen molar-refractivity contribution in [3.8, 4) is 0 Å². The Hall–Kier alpha value is -0.350. The van der Waals surface area contributed by atoms with E-state index in [0.717, 1.165) is 27.7 Å². The molecule has 2 nitrogen and oxygen atoms in total. The summed E-state index contributed by atoms with van der Waals surface area (Å²) in [5.41, 5.74) is 0. The van der Waals surface area contributed by atoms with Crippen molar-refractivity contribution < 1.29 is 4.79 Å². The molecule has 1 saturated carbocycles. The van der Waals surface area contributed by atoms with E-state index in [1.807, 2.05) is 24.0 Å². The lowest BCUT2D eigenvalue weighted by molar-refractivity contribution is 0.0762. The molecule has 1 heterocycles. The Morgan fingerprint density at radius 1 is 1.60 bits per heavy atom. The van der Waals surface area contributed by atoms with Gasteiger partial charge in [0, 0.05) is 13.1 Å². The molecule has 0 saturated heterocycles. The van der Waals surface area contributed by atoms with Gasteiger partial charge in [-0.15, -0.1) is 11.3 Å². The van der Waals surface area contributed by atoms with Gasteiger partial charge in [0.25, 0.3) is 5.91 Å². The van der Waals surface area contributed by atoms with Crippen molar-refractivity contribution in [3.63, 3.8) is 0 Å². The fourth-order valence-electron chi connectivity index (χ4n) is 1.55. The van der Waals surface area contributed by atoms with Crippen LogP contribution in [0.2, 0.25) is 0 Å². The van der Waals surface area contributed by atoms with Crippen molar-refractivity contribution in [1.29, 1.82) is 0 Å². The molecule has 4 heteroatoms. The van der Waals surface area contributed by atoms with Crippen molar-refractivity contribution >= 4 is 33.2 Å². The molecular formula is C11H14BrNOS. The molecule has 0 radical (unpaired) electrons. The van der Waals surface area contributed by atoms with Crippen LogP contribution in [0.5, 0.6) is 0 Å². The predicted molar refractivity (Wildman–Crippen MR) is 66.3 cm³/mol. The van der Waals surface area contributed by atoms with Crippen LogP contribution in [0.4, 0.5) is 0 Å². The highest BCUT2D eigenvalue weighted by atomic mass is 79.9. The average molecular weight is 288 g/mol. The lowest BCUT2D eigenvalue weighted by atomic mass is 10.3. The van der Waals surface area contributed by atoms with Crippen LogP contribution in [0.25, 0.3) is 0 Å². The number of halogens is 1. The third-order valence-electron chi connectivity index (χ3n) is 2.63. The molecule has 1 aliphatic carbocycles. The van der Waals surface area contributed by atoms with Crippen molar-refractivity contribution in [1.82, 2.24) is 4.90 Å². The summed E-state index contributed by atoms with van der Waals surface area (Å²) in [5, 5.41) is 0. The Labute approximate surface area is 102 Å². The Bertz CT molecular complexity index is 359. The first-order valence-electron chi connectivity index (χ1n) is 5.25. The molecule has 1 aromatic rings. The Balaban J connectivity index is 2.03. The first-order valence-corrected chi connectivity index (χ1v) is 6.86. The summed E-state index contributed by atoms with van der Waals surface area (Å²) in [4.78, 5) is 14.9. The number of carbonyl (C=O) groups excluding carboxylic acids is 1. The first-order chi connectivity index (χ1) is 7.20. The molecule has 1 aromatic heterocycles. The Morgan fingerprint density at radius 3 is 2.80 bits per heavy atom. The Kier molecular flexibility index (Phi) is 3.46. The molecule has 0 N–H and O–H groups in total. The zero-order valence-electron chi connectivity index (χ0n) is 8.70. The number of hydrogen-bond donors (Lipinski definition) is 0. The molecule has 1 fully saturated rings. The summed E-state index contributed by atoms with van der Waals surface area (Å²) in [6.07, 6.45) is 2.58. The summed E-state index contributed by atoms with van der Waals surface area (Å²) in [6, 6.07) is 3.83. The maximum Gasteiger partial charge on any atom is 0.263 e. The van der Waals surface area contributed by atoms with Gasteiger partial charge in [0.2, 0.25) is 0 Å². The normalized spacial score (nSPS) is 15.3. The van der Waals surface area contributed by atoms with E-state index in [1.54, 1.807) is 0 Å². The fourth-order valence-corrected chi connectivity index (χ4v) is 2.91. The summed E-state index contributed by atoms with van der Waals surface area (Å²) >= 11 is 4.89. The summed E-state index contributed by atoms with van der Waals surface area (Å²) < 4.78 is 1.02. The van der Waals surface area contributed by atoms with Crippen LogP contribution in [-0.4, -0.2) is 23.9 Å². The number of thiophene rings is 1. The van der Waals surface area contributed by atoms with Gasteiger partial charge in [-0.05, 0) is 53.7 Å². The molecule has 0 aliphatic heterocycles. The second-order valence-corrected chi connectivity index (χ2v) is 6.35. The van der Waals surface area contributed by atoms with Gasteiger partial charge in [0.1, 0.15) is 0 Å². The van der Waals surface area contributed by atoms with Crippen molar-refractivity contribution in [3.05, 3.63) is 20.8 Å². The van der Waals surface area contributed by atoms with Crippen molar-refractivity contribution in [2.75, 3.05) is 13.1 Å². The van der Waals surface area contributed by atoms with E-state index in [1.165, 1.54) is 24.2 Å². The van der Waals surface area contributed by atoms with E-state index >= 15 is 0 Å². The molecule has 0 atom stereocenters. The fraction of sp³-hybridized carbons (Fsp3) is 0.545. The van der Waals surface area contributed by atoms with Crippen LogP contribution in [0, 0.1) is 5.92 Å². The van der Waals surface area contributed by atoms with E-state index in [-0.39, 0.29) is 5.91 Å². The molecule has 15 heavy (non-hydrogen) atoms. The smallest absolute Gasteiger partial charge is 0.263 e. The number of rotatable bonds is 4. The maximum atomic E-state index is 12.1. The number of hydrogen-bond acceptors (Lipinski definition) is 2. The Morgan fingerprint density at radius 2 is 2.33 bits per heavy atom. The second-order valence-electron chi connectivity index (χ2n) is 3.89. The molecule has 0 aromatic carbocycles. The topological polar surface area (TPSA) is 20.3 Å². The zero-order chi connectivity index (χ0) is 10.8. The molecule has 1 aliphatic rings. The van der Waals surface area contributed by atoms with Gasteiger partial charge in [-0.3, -0.25) is 4.79 Å². The average Bonchev–Trinajstić information content (AvgIpc) is 2.95. The van der Waals surface area contributed by atoms with Crippen LogP contribution in [0.15, 0.2) is 15.9 Å². The van der Waals surface area contributed by atoms with Gasteiger partial charge in [-0.1, -0.05) is 0 Å². The maximum absolute atomic E-state index is 12.1. The molecule has 82 valence electrons. The standard InChI is InChI=1S/C11H14BrNOS/c1-2-13(7-8-3-4-8)11(14)9-5-6-10(12)15-9/h5-6,8H,2-4,7H2,1H3. The van der Waals surface area contributed by atoms with Crippen LogP contribution < -0.4 is 0 Å². The van der Waals surface area contributed by atoms with E-state index in [9.17, 15) is 4.79 Å². The number of amides is 1. The third kappa shape index (κ3) is 2.82. The number of nitrogens with zero attached hydrogens (tertiary/aromatic N) is 1. The van der Waals surface area contributed by atoms with Crippen LogP contribution in [-0.2, 0) is 0 Å². The summed E-state index contributed by atoms with van der Waals surface area (Å²) in [7, 11) is 0. The highest BCUT2D eigenvalue weighted by Crippen LogP contribution is 2.31. The van der Waals surface area contributed by atoms with Gasteiger partial charge >= 0.3 is 0 Å². The van der Waals surface area contributed by atoms with E-state index in [4.69, 9.17) is 0 Å². The van der Waals surface area contributed by atoms with Gasteiger partial charge in [-0.2, -0.15) is 0 Å². The minimum absolute atomic E-state index is 0.181. The van der Waals surface area contributed by atoms with Crippen molar-refractivity contribution in [2.45, 2.75) is 19.8 Å². The lowest BCUT2D eigenvalue weighted by Crippen LogP contribution is -2.32. The quantitative estimate of drug-likeness (QED) is 0.831. The minimum Gasteiger partial charge on any atom is -0.338 e. The van der Waals surface area contributed by atoms with Crippen molar-refractivity contribution in [2.24, 2.45) is 5.92 Å².